The summed E-state index contributed by atoms with van der Waals surface area (Å²) in [7, 11) is 1.86. The smallest absolute Gasteiger partial charge is 0.291 e. The number of hydrazine groups is 2. The molecule has 0 bridgehead atoms. The van der Waals surface area contributed by atoms with Gasteiger partial charge >= 0.3 is 5.70 Å². The highest BCUT2D eigenvalue weighted by Gasteiger charge is 2.40. The molecule has 0 saturated heterocycles. The van der Waals surface area contributed by atoms with Crippen LogP contribution in [-0.4, -0.2) is 28.5 Å². The van der Waals surface area contributed by atoms with Gasteiger partial charge in [0.15, 0.2) is 5.70 Å². The van der Waals surface area contributed by atoms with E-state index in [-0.39, 0.29) is 6.67 Å². The van der Waals surface area contributed by atoms with Gasteiger partial charge in [-0.25, -0.2) is 5.84 Å². The van der Waals surface area contributed by atoms with E-state index < -0.39 is 0 Å². The quantitative estimate of drug-likeness (QED) is 0.558. The van der Waals surface area contributed by atoms with Crippen molar-refractivity contribution >= 4 is 5.70 Å². The minimum absolute atomic E-state index is 0.130. The second-order valence-corrected chi connectivity index (χ2v) is 4.31. The number of nitrogens with zero attached hydrogens (tertiary/aromatic N) is 3. The molecule has 1 aromatic rings. The maximum absolute atomic E-state index is 12.0. The van der Waals surface area contributed by atoms with Crippen molar-refractivity contribution in [3.63, 3.8) is 0 Å². The molecule has 92 valence electrons. The van der Waals surface area contributed by atoms with Gasteiger partial charge in [0, 0.05) is 17.5 Å². The van der Waals surface area contributed by atoms with Gasteiger partial charge in [-0.15, -0.1) is 0 Å². The molecule has 3 rings (SSSR count). The minimum atomic E-state index is 0.130. The van der Waals surface area contributed by atoms with Gasteiger partial charge in [-0.2, -0.15) is 0 Å². The van der Waals surface area contributed by atoms with Crippen LogP contribution in [0.3, 0.4) is 0 Å². The van der Waals surface area contributed by atoms with Crippen molar-refractivity contribution in [1.29, 1.82) is 0 Å². The number of rotatable bonds is 1. The van der Waals surface area contributed by atoms with Crippen LogP contribution in [0.15, 0.2) is 47.9 Å². The fourth-order valence-electron chi connectivity index (χ4n) is 2.19. The number of nitroso groups, excluding NO2 is 1. The van der Waals surface area contributed by atoms with Crippen molar-refractivity contribution in [2.75, 3.05) is 13.7 Å². The molecule has 2 heterocycles. The standard InChI is InChI=1S/C12H14N5O/c1-15-10-7-16(13)8-17(18)12(10)11(14-15)9-5-3-2-4-6-9/h2-7,14H,8,13H2,1H3/q+1. The van der Waals surface area contributed by atoms with E-state index in [2.05, 4.69) is 5.43 Å². The number of nitrogens with two attached hydrogens (primary N) is 1. The largest absolute Gasteiger partial charge is 0.310 e. The number of fused-ring (bicyclic) bond motifs is 1. The second kappa shape index (κ2) is 3.85. The van der Waals surface area contributed by atoms with Gasteiger partial charge in [0.05, 0.1) is 11.0 Å². The third-order valence-electron chi connectivity index (χ3n) is 3.01. The summed E-state index contributed by atoms with van der Waals surface area (Å²) in [4.78, 5) is 12.0. The maximum atomic E-state index is 12.0. The molecule has 0 fully saturated rings. The van der Waals surface area contributed by atoms with Crippen molar-refractivity contribution in [3.05, 3.63) is 58.4 Å². The molecule has 0 aromatic heterocycles. The first-order valence-electron chi connectivity index (χ1n) is 5.65. The normalized spacial score (nSPS) is 18.8. The molecule has 0 spiro atoms. The van der Waals surface area contributed by atoms with Crippen LogP contribution in [0.4, 0.5) is 0 Å². The van der Waals surface area contributed by atoms with E-state index >= 15 is 0 Å². The van der Waals surface area contributed by atoms with Crippen LogP contribution >= 0.6 is 0 Å². The SMILES string of the molecule is CN1NC(c2ccccc2)=C2C1=CN(N)C[N+]2=O. The Morgan fingerprint density at radius 1 is 1.33 bits per heavy atom. The topological polar surface area (TPSA) is 64.6 Å². The number of nitrogens with one attached hydrogen (secondary N) is 1. The zero-order valence-corrected chi connectivity index (χ0v) is 10.00. The maximum Gasteiger partial charge on any atom is 0.310 e. The van der Waals surface area contributed by atoms with Crippen LogP contribution in [0, 0.1) is 4.91 Å². The van der Waals surface area contributed by atoms with Crippen LogP contribution < -0.4 is 11.3 Å². The lowest BCUT2D eigenvalue weighted by Gasteiger charge is -2.18. The molecule has 0 saturated carbocycles. The summed E-state index contributed by atoms with van der Waals surface area (Å²) >= 11 is 0. The van der Waals surface area contributed by atoms with Crippen molar-refractivity contribution in [1.82, 2.24) is 15.4 Å². The molecular formula is C12H14N5O+. The Morgan fingerprint density at radius 3 is 2.78 bits per heavy atom. The first kappa shape index (κ1) is 10.8. The third-order valence-corrected chi connectivity index (χ3v) is 3.01. The zero-order valence-electron chi connectivity index (χ0n) is 10.00. The van der Waals surface area contributed by atoms with Crippen molar-refractivity contribution < 1.29 is 4.76 Å². The molecule has 3 N–H and O–H groups in total. The Morgan fingerprint density at radius 2 is 2.06 bits per heavy atom. The number of hydrogen-bond donors (Lipinski definition) is 2. The molecule has 0 radical (unpaired) electrons. The number of hydrogen-bond acceptors (Lipinski definition) is 5. The van der Waals surface area contributed by atoms with E-state index in [0.29, 0.717) is 5.70 Å². The van der Waals surface area contributed by atoms with Crippen molar-refractivity contribution in [2.45, 2.75) is 0 Å². The van der Waals surface area contributed by atoms with Gasteiger partial charge in [-0.1, -0.05) is 30.3 Å². The van der Waals surface area contributed by atoms with Gasteiger partial charge in [-0.3, -0.25) is 15.4 Å². The second-order valence-electron chi connectivity index (χ2n) is 4.31. The van der Waals surface area contributed by atoms with E-state index in [1.54, 1.807) is 11.2 Å². The molecular weight excluding hydrogens is 230 g/mol. The molecule has 2 aliphatic rings. The van der Waals surface area contributed by atoms with Crippen molar-refractivity contribution in [3.8, 4) is 0 Å². The summed E-state index contributed by atoms with van der Waals surface area (Å²) in [5.74, 6) is 5.67. The summed E-state index contributed by atoms with van der Waals surface area (Å²) < 4.78 is 0.897. The highest BCUT2D eigenvalue weighted by molar-refractivity contribution is 5.71. The minimum Gasteiger partial charge on any atom is -0.291 e. The molecule has 6 nitrogen and oxygen atoms in total. The number of benzene rings is 1. The average molecular weight is 244 g/mol. The Labute approximate surface area is 104 Å². The summed E-state index contributed by atoms with van der Waals surface area (Å²) in [6, 6.07) is 9.77. The van der Waals surface area contributed by atoms with E-state index in [1.165, 1.54) is 5.01 Å². The van der Waals surface area contributed by atoms with E-state index in [1.807, 2.05) is 37.4 Å². The Hall–Kier alpha value is -2.34. The summed E-state index contributed by atoms with van der Waals surface area (Å²) in [5.41, 5.74) is 6.38. The van der Waals surface area contributed by atoms with Crippen LogP contribution in [0.5, 0.6) is 0 Å². The summed E-state index contributed by atoms with van der Waals surface area (Å²) in [6.45, 7) is 0.130. The number of likely N-dealkylation sites (N-methyl/N-ethyl adjacent to an activating group) is 1. The fraction of sp³-hybridized carbons (Fsp3) is 0.167. The molecule has 2 aliphatic heterocycles. The highest BCUT2D eigenvalue weighted by Crippen LogP contribution is 2.31. The van der Waals surface area contributed by atoms with E-state index in [4.69, 9.17) is 5.84 Å². The Balaban J connectivity index is 2.15. The monoisotopic (exact) mass is 244 g/mol. The first-order valence-corrected chi connectivity index (χ1v) is 5.65. The first-order chi connectivity index (χ1) is 8.66. The van der Waals surface area contributed by atoms with Crippen LogP contribution in [-0.2, 0) is 0 Å². The zero-order chi connectivity index (χ0) is 12.7. The van der Waals surface area contributed by atoms with Gasteiger partial charge < -0.3 is 0 Å². The van der Waals surface area contributed by atoms with Crippen LogP contribution in [0.25, 0.3) is 5.70 Å². The Bertz CT molecular complexity index is 563. The lowest BCUT2D eigenvalue weighted by molar-refractivity contribution is -0.520. The molecule has 18 heavy (non-hydrogen) atoms. The molecule has 1 aromatic carbocycles. The van der Waals surface area contributed by atoms with E-state index in [9.17, 15) is 4.91 Å². The molecule has 6 heteroatoms. The average Bonchev–Trinajstić information content (AvgIpc) is 2.68. The molecule has 0 atom stereocenters. The van der Waals surface area contributed by atoms with Gasteiger partial charge in [0.1, 0.15) is 5.70 Å². The third kappa shape index (κ3) is 1.54. The fourth-order valence-corrected chi connectivity index (χ4v) is 2.19. The molecule has 0 unspecified atom stereocenters. The molecule has 0 aliphatic carbocycles. The van der Waals surface area contributed by atoms with Gasteiger partial charge in [0.2, 0.25) is 0 Å². The van der Waals surface area contributed by atoms with Gasteiger partial charge in [-0.05, 0) is 0 Å². The predicted octanol–water partition coefficient (Wildman–Crippen LogP) is 0.572. The van der Waals surface area contributed by atoms with Crippen molar-refractivity contribution in [2.24, 2.45) is 5.84 Å². The Kier molecular flexibility index (Phi) is 2.31. The summed E-state index contributed by atoms with van der Waals surface area (Å²) in [5, 5.41) is 3.17. The van der Waals surface area contributed by atoms with E-state index in [0.717, 1.165) is 21.7 Å². The lowest BCUT2D eigenvalue weighted by Crippen LogP contribution is -2.38. The van der Waals surface area contributed by atoms with Crippen LogP contribution in [0.1, 0.15) is 5.56 Å². The lowest BCUT2D eigenvalue weighted by atomic mass is 10.1. The molecule has 0 amide bonds. The van der Waals surface area contributed by atoms with Gasteiger partial charge in [0.25, 0.3) is 6.67 Å². The van der Waals surface area contributed by atoms with Crippen LogP contribution in [0.2, 0.25) is 0 Å². The predicted molar refractivity (Wildman–Crippen MR) is 66.9 cm³/mol. The highest BCUT2D eigenvalue weighted by atomic mass is 16.3. The summed E-state index contributed by atoms with van der Waals surface area (Å²) in [6.07, 6.45) is 1.76.